The van der Waals surface area contributed by atoms with Crippen molar-refractivity contribution < 1.29 is 9.84 Å². The third-order valence-corrected chi connectivity index (χ3v) is 4.34. The Morgan fingerprint density at radius 1 is 1.16 bits per heavy atom. The van der Waals surface area contributed by atoms with E-state index < -0.39 is 0 Å². The highest BCUT2D eigenvalue weighted by molar-refractivity contribution is 4.79. The number of aliphatic hydroxyl groups excluding tert-OH is 1. The van der Waals surface area contributed by atoms with E-state index in [1.54, 1.807) is 0 Å². The van der Waals surface area contributed by atoms with Gasteiger partial charge in [0, 0.05) is 19.1 Å². The van der Waals surface area contributed by atoms with Crippen LogP contribution in [0.2, 0.25) is 0 Å². The van der Waals surface area contributed by atoms with Gasteiger partial charge < -0.3 is 20.1 Å². The average molecular weight is 270 g/mol. The van der Waals surface area contributed by atoms with Gasteiger partial charge in [-0.2, -0.15) is 0 Å². The largest absolute Gasteiger partial charge is 0.393 e. The molecule has 2 rings (SSSR count). The Labute approximate surface area is 117 Å². The summed E-state index contributed by atoms with van der Waals surface area (Å²) >= 11 is 0. The lowest BCUT2D eigenvalue weighted by molar-refractivity contribution is -0.0420. The quantitative estimate of drug-likeness (QED) is 0.741. The smallest absolute Gasteiger partial charge is 0.0565 e. The molecule has 0 amide bonds. The molecule has 2 aliphatic rings. The van der Waals surface area contributed by atoms with Crippen LogP contribution in [0.4, 0.5) is 0 Å². The molecule has 0 radical (unpaired) electrons. The van der Waals surface area contributed by atoms with Crippen molar-refractivity contribution in [2.75, 3.05) is 26.2 Å². The van der Waals surface area contributed by atoms with E-state index >= 15 is 0 Å². The Kier molecular flexibility index (Phi) is 6.07. The molecule has 2 heterocycles. The van der Waals surface area contributed by atoms with Crippen LogP contribution < -0.4 is 5.32 Å². The Balaban J connectivity index is 1.54. The lowest BCUT2D eigenvalue weighted by Gasteiger charge is -2.33. The lowest BCUT2D eigenvalue weighted by Crippen LogP contribution is -2.42. The molecule has 2 N–H and O–H groups in total. The van der Waals surface area contributed by atoms with Gasteiger partial charge in [0.15, 0.2) is 0 Å². The highest BCUT2D eigenvalue weighted by atomic mass is 16.5. The van der Waals surface area contributed by atoms with Crippen LogP contribution in [-0.4, -0.2) is 60.5 Å². The van der Waals surface area contributed by atoms with Crippen LogP contribution in [0.15, 0.2) is 0 Å². The second kappa shape index (κ2) is 7.58. The third kappa shape index (κ3) is 5.38. The predicted molar refractivity (Wildman–Crippen MR) is 77.3 cm³/mol. The molecule has 4 heteroatoms. The van der Waals surface area contributed by atoms with Crippen molar-refractivity contribution in [3.63, 3.8) is 0 Å². The molecule has 4 nitrogen and oxygen atoms in total. The second-order valence-corrected chi connectivity index (χ2v) is 6.31. The van der Waals surface area contributed by atoms with Gasteiger partial charge in [-0.05, 0) is 59.0 Å². The fraction of sp³-hybridized carbons (Fsp3) is 1.00. The number of piperidine rings is 1. The van der Waals surface area contributed by atoms with Crippen LogP contribution in [0.3, 0.4) is 0 Å². The van der Waals surface area contributed by atoms with Crippen molar-refractivity contribution in [2.45, 2.75) is 70.3 Å². The summed E-state index contributed by atoms with van der Waals surface area (Å²) in [6.45, 7) is 8.73. The summed E-state index contributed by atoms with van der Waals surface area (Å²) in [6.07, 6.45) is 6.11. The summed E-state index contributed by atoms with van der Waals surface area (Å²) in [4.78, 5) is 2.48. The van der Waals surface area contributed by atoms with E-state index in [0.29, 0.717) is 18.2 Å². The fourth-order valence-corrected chi connectivity index (χ4v) is 3.32. The van der Waals surface area contributed by atoms with Crippen molar-refractivity contribution in [2.24, 2.45) is 0 Å². The van der Waals surface area contributed by atoms with Crippen LogP contribution in [0, 0.1) is 0 Å². The van der Waals surface area contributed by atoms with Crippen molar-refractivity contribution >= 4 is 0 Å². The minimum Gasteiger partial charge on any atom is -0.393 e. The maximum atomic E-state index is 9.47. The minimum atomic E-state index is -0.0559. The Hall–Kier alpha value is -0.160. The van der Waals surface area contributed by atoms with Gasteiger partial charge >= 0.3 is 0 Å². The molecular formula is C15H30N2O2. The zero-order valence-corrected chi connectivity index (χ0v) is 12.5. The number of hydrogen-bond donors (Lipinski definition) is 2. The van der Waals surface area contributed by atoms with E-state index in [-0.39, 0.29) is 6.10 Å². The summed E-state index contributed by atoms with van der Waals surface area (Å²) in [5, 5.41) is 13.1. The van der Waals surface area contributed by atoms with Crippen LogP contribution in [-0.2, 0) is 4.74 Å². The van der Waals surface area contributed by atoms with Gasteiger partial charge in [0.05, 0.1) is 18.3 Å². The zero-order valence-electron chi connectivity index (χ0n) is 12.5. The molecule has 2 saturated heterocycles. The van der Waals surface area contributed by atoms with Gasteiger partial charge in [-0.1, -0.05) is 0 Å². The maximum Gasteiger partial charge on any atom is 0.0565 e. The van der Waals surface area contributed by atoms with Crippen molar-refractivity contribution in [3.05, 3.63) is 0 Å². The molecule has 0 aromatic rings. The maximum absolute atomic E-state index is 9.47. The third-order valence-electron chi connectivity index (χ3n) is 4.34. The zero-order chi connectivity index (χ0) is 13.7. The van der Waals surface area contributed by atoms with Gasteiger partial charge in [0.2, 0.25) is 0 Å². The standard InChI is InChI=1S/C15H30N2O2/c1-12-10-14(11-13(2)19-12)16-6-3-7-17-8-4-15(18)5-9-17/h12-16,18H,3-11H2,1-2H3. The van der Waals surface area contributed by atoms with Crippen molar-refractivity contribution in [1.29, 1.82) is 0 Å². The number of aliphatic hydroxyl groups is 1. The number of nitrogens with one attached hydrogen (secondary N) is 1. The number of likely N-dealkylation sites (tertiary alicyclic amines) is 1. The van der Waals surface area contributed by atoms with Gasteiger partial charge in [-0.25, -0.2) is 0 Å². The highest BCUT2D eigenvalue weighted by Crippen LogP contribution is 2.18. The molecule has 0 aromatic carbocycles. The molecule has 19 heavy (non-hydrogen) atoms. The van der Waals surface area contributed by atoms with E-state index in [2.05, 4.69) is 24.1 Å². The topological polar surface area (TPSA) is 44.7 Å². The van der Waals surface area contributed by atoms with E-state index in [1.807, 2.05) is 0 Å². The molecule has 2 aliphatic heterocycles. The van der Waals surface area contributed by atoms with Crippen LogP contribution in [0.25, 0.3) is 0 Å². The summed E-state index contributed by atoms with van der Waals surface area (Å²) in [5.74, 6) is 0. The van der Waals surface area contributed by atoms with Gasteiger partial charge in [0.25, 0.3) is 0 Å². The Bertz CT molecular complexity index is 245. The first-order valence-electron chi connectivity index (χ1n) is 7.92. The predicted octanol–water partition coefficient (Wildman–Crippen LogP) is 1.38. The molecule has 0 saturated carbocycles. The van der Waals surface area contributed by atoms with Crippen LogP contribution in [0.1, 0.15) is 46.0 Å². The Morgan fingerprint density at radius 3 is 2.42 bits per heavy atom. The normalized spacial score (nSPS) is 34.6. The first-order chi connectivity index (χ1) is 9.13. The minimum absolute atomic E-state index is 0.0559. The molecule has 0 spiro atoms. The molecule has 2 unspecified atom stereocenters. The first kappa shape index (κ1) is 15.2. The molecule has 0 aliphatic carbocycles. The SMILES string of the molecule is CC1CC(NCCCN2CCC(O)CC2)CC(C)O1. The van der Waals surface area contributed by atoms with Crippen molar-refractivity contribution in [1.82, 2.24) is 10.2 Å². The molecular weight excluding hydrogens is 240 g/mol. The van der Waals surface area contributed by atoms with E-state index in [9.17, 15) is 5.11 Å². The monoisotopic (exact) mass is 270 g/mol. The van der Waals surface area contributed by atoms with Gasteiger partial charge in [-0.3, -0.25) is 0 Å². The molecule has 0 bridgehead atoms. The molecule has 112 valence electrons. The number of rotatable bonds is 5. The molecule has 0 aromatic heterocycles. The summed E-state index contributed by atoms with van der Waals surface area (Å²) in [5.41, 5.74) is 0. The Morgan fingerprint density at radius 2 is 1.79 bits per heavy atom. The molecule has 2 atom stereocenters. The van der Waals surface area contributed by atoms with Crippen LogP contribution >= 0.6 is 0 Å². The highest BCUT2D eigenvalue weighted by Gasteiger charge is 2.23. The summed E-state index contributed by atoms with van der Waals surface area (Å²) in [7, 11) is 0. The lowest BCUT2D eigenvalue weighted by atomic mass is 10.00. The average Bonchev–Trinajstić information content (AvgIpc) is 2.36. The molecule has 2 fully saturated rings. The van der Waals surface area contributed by atoms with E-state index in [4.69, 9.17) is 4.74 Å². The van der Waals surface area contributed by atoms with Gasteiger partial charge in [-0.15, -0.1) is 0 Å². The first-order valence-corrected chi connectivity index (χ1v) is 7.92. The number of nitrogens with zero attached hydrogens (tertiary/aromatic N) is 1. The summed E-state index contributed by atoms with van der Waals surface area (Å²) < 4.78 is 5.76. The van der Waals surface area contributed by atoms with E-state index in [0.717, 1.165) is 51.9 Å². The van der Waals surface area contributed by atoms with Gasteiger partial charge in [0.1, 0.15) is 0 Å². The summed E-state index contributed by atoms with van der Waals surface area (Å²) in [6, 6.07) is 0.627. The second-order valence-electron chi connectivity index (χ2n) is 6.31. The van der Waals surface area contributed by atoms with Crippen molar-refractivity contribution in [3.8, 4) is 0 Å². The number of ether oxygens (including phenoxy) is 1. The van der Waals surface area contributed by atoms with Crippen LogP contribution in [0.5, 0.6) is 0 Å². The van der Waals surface area contributed by atoms with E-state index in [1.165, 1.54) is 6.42 Å². The fourth-order valence-electron chi connectivity index (χ4n) is 3.32. The number of hydrogen-bond acceptors (Lipinski definition) is 4.